The molecule has 0 saturated heterocycles. The summed E-state index contributed by atoms with van der Waals surface area (Å²) in [4.78, 5) is 47.7. The molecule has 0 saturated carbocycles. The molecule has 3 aromatic rings. The van der Waals surface area contributed by atoms with Crippen LogP contribution in [0.25, 0.3) is 0 Å². The Morgan fingerprint density at radius 2 is 1.73 bits per heavy atom. The van der Waals surface area contributed by atoms with Crippen molar-refractivity contribution >= 4 is 45.7 Å². The lowest BCUT2D eigenvalue weighted by Gasteiger charge is -2.28. The molecular formula is C32H32BrN5O10. The minimum atomic E-state index is -0.799. The molecule has 4 rings (SSSR count). The summed E-state index contributed by atoms with van der Waals surface area (Å²) in [6.07, 6.45) is 1.41. The molecule has 0 bridgehead atoms. The Morgan fingerprint density at radius 3 is 2.40 bits per heavy atom. The Hall–Kier alpha value is -5.64. The lowest BCUT2D eigenvalue weighted by Crippen LogP contribution is -2.45. The quantitative estimate of drug-likeness (QED) is 0.0911. The summed E-state index contributed by atoms with van der Waals surface area (Å²) in [5.41, 5.74) is 4.84. The van der Waals surface area contributed by atoms with E-state index in [0.29, 0.717) is 32.8 Å². The normalized spacial score (nSPS) is 14.1. The SMILES string of the molecule is CCOC(=O)C1=C(C)NC(=O)N[C@@H]1c1ccc(OCC(=O)N/N=C\c2cc(OC)c(OCc3ccc([N+](=O)[O-])cc3)cc2Br)c(OC)c1. The van der Waals surface area contributed by atoms with E-state index in [1.807, 2.05) is 0 Å². The monoisotopic (exact) mass is 725 g/mol. The summed E-state index contributed by atoms with van der Waals surface area (Å²) in [7, 11) is 2.89. The number of allylic oxidation sites excluding steroid dienone is 1. The largest absolute Gasteiger partial charge is 0.493 e. The highest BCUT2D eigenvalue weighted by atomic mass is 79.9. The minimum absolute atomic E-state index is 0.0138. The van der Waals surface area contributed by atoms with Crippen molar-refractivity contribution in [1.82, 2.24) is 16.1 Å². The summed E-state index contributed by atoms with van der Waals surface area (Å²) in [6.45, 7) is 3.22. The smallest absolute Gasteiger partial charge is 0.338 e. The van der Waals surface area contributed by atoms with Gasteiger partial charge in [-0.2, -0.15) is 5.10 Å². The lowest BCUT2D eigenvalue weighted by atomic mass is 9.95. The molecule has 48 heavy (non-hydrogen) atoms. The number of carbonyl (C=O) groups excluding carboxylic acids is 3. The first-order valence-corrected chi connectivity index (χ1v) is 15.2. The van der Waals surface area contributed by atoms with Crippen molar-refractivity contribution in [3.63, 3.8) is 0 Å². The number of hydrazone groups is 1. The molecule has 0 radical (unpaired) electrons. The van der Waals surface area contributed by atoms with Gasteiger partial charge in [0.15, 0.2) is 29.6 Å². The van der Waals surface area contributed by atoms with Crippen molar-refractivity contribution in [2.45, 2.75) is 26.5 Å². The van der Waals surface area contributed by atoms with E-state index in [1.165, 1.54) is 32.6 Å². The zero-order chi connectivity index (χ0) is 34.8. The number of nitro benzene ring substituents is 1. The van der Waals surface area contributed by atoms with Gasteiger partial charge in [-0.15, -0.1) is 0 Å². The molecule has 1 heterocycles. The first-order valence-electron chi connectivity index (χ1n) is 14.4. The van der Waals surface area contributed by atoms with Gasteiger partial charge in [0, 0.05) is 27.9 Å². The van der Waals surface area contributed by atoms with Gasteiger partial charge in [-0.1, -0.05) is 6.07 Å². The summed E-state index contributed by atoms with van der Waals surface area (Å²) in [5.74, 6) is 0.204. The fourth-order valence-corrected chi connectivity index (χ4v) is 4.98. The van der Waals surface area contributed by atoms with Gasteiger partial charge in [0.2, 0.25) is 0 Å². The second-order valence-corrected chi connectivity index (χ2v) is 10.9. The molecule has 1 aliphatic rings. The Balaban J connectivity index is 1.37. The zero-order valence-electron chi connectivity index (χ0n) is 26.3. The summed E-state index contributed by atoms with van der Waals surface area (Å²) in [5, 5.41) is 20.2. The van der Waals surface area contributed by atoms with Crippen LogP contribution in [0.15, 0.2) is 75.4 Å². The van der Waals surface area contributed by atoms with Crippen molar-refractivity contribution < 1.29 is 43.0 Å². The number of carbonyl (C=O) groups is 3. The van der Waals surface area contributed by atoms with Crippen LogP contribution in [0, 0.1) is 10.1 Å². The van der Waals surface area contributed by atoms with Crippen LogP contribution in [-0.2, 0) is 20.9 Å². The standard InChI is InChI=1S/C32H32BrN5O10/c1-5-46-31(40)29-18(2)35-32(41)36-30(29)20-8-11-24(25(12-20)44-3)48-17-28(39)37-34-15-21-13-26(45-4)27(14-23(21)33)47-16-19-6-9-22(10-7-19)38(42)43/h6-15,30H,5,16-17H2,1-4H3,(H,37,39)(H2,35,36,41)/b34-15-/t30-/m1/s1. The number of halogens is 1. The maximum atomic E-state index is 12.6. The number of hydrogen-bond acceptors (Lipinski definition) is 11. The van der Waals surface area contributed by atoms with Crippen molar-refractivity contribution in [1.29, 1.82) is 0 Å². The molecular weight excluding hydrogens is 694 g/mol. The van der Waals surface area contributed by atoms with E-state index in [0.717, 1.165) is 5.56 Å². The number of rotatable bonds is 14. The number of amides is 3. The van der Waals surface area contributed by atoms with Gasteiger partial charge in [-0.05, 0) is 77.3 Å². The predicted molar refractivity (Wildman–Crippen MR) is 176 cm³/mol. The second-order valence-electron chi connectivity index (χ2n) is 10.0. The number of nitrogens with zero attached hydrogens (tertiary/aromatic N) is 2. The van der Waals surface area contributed by atoms with Crippen LogP contribution in [0.3, 0.4) is 0 Å². The van der Waals surface area contributed by atoms with Crippen LogP contribution >= 0.6 is 15.9 Å². The van der Waals surface area contributed by atoms with Crippen molar-refractivity contribution in [2.24, 2.45) is 5.10 Å². The molecule has 0 spiro atoms. The first kappa shape index (κ1) is 35.2. The number of nitro groups is 1. The third kappa shape index (κ3) is 8.79. The molecule has 1 aliphatic heterocycles. The summed E-state index contributed by atoms with van der Waals surface area (Å²) >= 11 is 3.46. The topological polar surface area (TPSA) is 189 Å². The summed E-state index contributed by atoms with van der Waals surface area (Å²) < 4.78 is 28.2. The predicted octanol–water partition coefficient (Wildman–Crippen LogP) is 4.67. The van der Waals surface area contributed by atoms with Crippen LogP contribution in [0.4, 0.5) is 10.5 Å². The molecule has 1 atom stereocenters. The van der Waals surface area contributed by atoms with E-state index < -0.39 is 35.5 Å². The fourth-order valence-electron chi connectivity index (χ4n) is 4.55. The number of ether oxygens (including phenoxy) is 5. The van der Waals surface area contributed by atoms with Crippen LogP contribution in [0.5, 0.6) is 23.0 Å². The number of nitrogens with one attached hydrogen (secondary N) is 3. The Bertz CT molecular complexity index is 1760. The maximum Gasteiger partial charge on any atom is 0.338 e. The van der Waals surface area contributed by atoms with Gasteiger partial charge >= 0.3 is 12.0 Å². The summed E-state index contributed by atoms with van der Waals surface area (Å²) in [6, 6.07) is 12.9. The molecule has 0 aromatic heterocycles. The zero-order valence-corrected chi connectivity index (χ0v) is 27.9. The molecule has 3 N–H and O–H groups in total. The molecule has 15 nitrogen and oxygen atoms in total. The van der Waals surface area contributed by atoms with E-state index in [4.69, 9.17) is 23.7 Å². The highest BCUT2D eigenvalue weighted by molar-refractivity contribution is 9.10. The average Bonchev–Trinajstić information content (AvgIpc) is 3.06. The third-order valence-electron chi connectivity index (χ3n) is 6.86. The van der Waals surface area contributed by atoms with E-state index in [-0.39, 0.29) is 36.0 Å². The van der Waals surface area contributed by atoms with Crippen LogP contribution in [0.2, 0.25) is 0 Å². The molecule has 3 amide bonds. The molecule has 252 valence electrons. The Kier molecular flexibility index (Phi) is 11.9. The van der Waals surface area contributed by atoms with Gasteiger partial charge in [-0.25, -0.2) is 15.0 Å². The van der Waals surface area contributed by atoms with Crippen LogP contribution in [-0.4, -0.2) is 56.5 Å². The van der Waals surface area contributed by atoms with Crippen molar-refractivity contribution in [2.75, 3.05) is 27.4 Å². The lowest BCUT2D eigenvalue weighted by molar-refractivity contribution is -0.384. The van der Waals surface area contributed by atoms with Gasteiger partial charge < -0.3 is 34.3 Å². The first-order chi connectivity index (χ1) is 23.0. The van der Waals surface area contributed by atoms with E-state index in [1.54, 1.807) is 56.3 Å². The number of hydrogen-bond donors (Lipinski definition) is 3. The average molecular weight is 727 g/mol. The number of methoxy groups -OCH3 is 2. The van der Waals surface area contributed by atoms with Crippen LogP contribution < -0.4 is 35.0 Å². The minimum Gasteiger partial charge on any atom is -0.493 e. The van der Waals surface area contributed by atoms with Gasteiger partial charge in [0.25, 0.3) is 11.6 Å². The highest BCUT2D eigenvalue weighted by Gasteiger charge is 2.32. The fraction of sp³-hybridized carbons (Fsp3) is 0.250. The number of benzene rings is 3. The third-order valence-corrected chi connectivity index (χ3v) is 7.55. The number of urea groups is 1. The molecule has 0 fully saturated rings. The van der Waals surface area contributed by atoms with E-state index in [2.05, 4.69) is 37.1 Å². The van der Waals surface area contributed by atoms with Gasteiger partial charge in [0.1, 0.15) is 6.61 Å². The molecule has 0 aliphatic carbocycles. The van der Waals surface area contributed by atoms with Crippen molar-refractivity contribution in [3.05, 3.63) is 97.1 Å². The Labute approximate surface area is 283 Å². The molecule has 3 aromatic carbocycles. The highest BCUT2D eigenvalue weighted by Crippen LogP contribution is 2.35. The van der Waals surface area contributed by atoms with Crippen LogP contribution in [0.1, 0.15) is 36.6 Å². The number of esters is 1. The van der Waals surface area contributed by atoms with Gasteiger partial charge in [0.05, 0.1) is 43.6 Å². The molecule has 16 heteroatoms. The van der Waals surface area contributed by atoms with E-state index >= 15 is 0 Å². The van der Waals surface area contributed by atoms with Gasteiger partial charge in [-0.3, -0.25) is 14.9 Å². The van der Waals surface area contributed by atoms with E-state index in [9.17, 15) is 24.5 Å². The Morgan fingerprint density at radius 1 is 1.02 bits per heavy atom. The maximum absolute atomic E-state index is 12.6. The molecule has 0 unspecified atom stereocenters. The van der Waals surface area contributed by atoms with Crippen molar-refractivity contribution in [3.8, 4) is 23.0 Å². The second kappa shape index (κ2) is 16.3. The number of non-ortho nitro benzene ring substituents is 1.